The molecule has 0 radical (unpaired) electrons. The van der Waals surface area contributed by atoms with E-state index in [0.717, 1.165) is 44.1 Å². The van der Waals surface area contributed by atoms with Gasteiger partial charge >= 0.3 is 5.97 Å². The molecule has 4 fully saturated rings. The number of ether oxygens (including phenoxy) is 2. The van der Waals surface area contributed by atoms with Crippen molar-refractivity contribution in [3.05, 3.63) is 35.4 Å². The van der Waals surface area contributed by atoms with Crippen molar-refractivity contribution in [1.29, 1.82) is 0 Å². The molecule has 2 N–H and O–H groups in total. The summed E-state index contributed by atoms with van der Waals surface area (Å²) in [5.41, 5.74) is 1.40. The second-order valence-electron chi connectivity index (χ2n) is 10.2. The number of aromatic carboxylic acids is 1. The van der Waals surface area contributed by atoms with E-state index in [0.29, 0.717) is 32.4 Å². The Morgan fingerprint density at radius 2 is 1.79 bits per heavy atom. The van der Waals surface area contributed by atoms with E-state index >= 15 is 0 Å². The van der Waals surface area contributed by atoms with Gasteiger partial charge in [-0.05, 0) is 69.1 Å². The smallest absolute Gasteiger partial charge is 0.335 e. The number of nitrogens with one attached hydrogen (secondary N) is 1. The Morgan fingerprint density at radius 1 is 1.15 bits per heavy atom. The maximum Gasteiger partial charge on any atom is 0.335 e. The molecule has 0 aromatic heterocycles. The van der Waals surface area contributed by atoms with Gasteiger partial charge in [0.05, 0.1) is 31.0 Å². The molecule has 2 atom stereocenters. The largest absolute Gasteiger partial charge is 0.478 e. The van der Waals surface area contributed by atoms with Crippen LogP contribution in [-0.2, 0) is 19.1 Å². The number of amides is 2. The minimum Gasteiger partial charge on any atom is -0.478 e. The molecule has 1 aromatic carbocycles. The Labute approximate surface area is 201 Å². The third kappa shape index (κ3) is 5.61. The molecular formula is C26H36N2O6. The van der Waals surface area contributed by atoms with Crippen LogP contribution in [0.1, 0.15) is 74.2 Å². The number of likely N-dealkylation sites (tertiary alicyclic amines) is 1. The second kappa shape index (κ2) is 10.4. The number of fused-ring (bicyclic) bond motifs is 3. The van der Waals surface area contributed by atoms with Crippen molar-refractivity contribution >= 4 is 17.8 Å². The minimum atomic E-state index is -0.935. The van der Waals surface area contributed by atoms with E-state index in [1.54, 1.807) is 12.1 Å². The van der Waals surface area contributed by atoms with Gasteiger partial charge in [0.15, 0.2) is 0 Å². The molecule has 2 amide bonds. The maximum atomic E-state index is 13.4. The van der Waals surface area contributed by atoms with E-state index in [1.807, 2.05) is 24.0 Å². The first-order chi connectivity index (χ1) is 16.3. The first kappa shape index (κ1) is 24.7. The highest BCUT2D eigenvalue weighted by atomic mass is 16.5. The number of hydrogen-bond donors (Lipinski definition) is 2. The lowest BCUT2D eigenvalue weighted by Gasteiger charge is -2.46. The zero-order valence-electron chi connectivity index (χ0n) is 20.1. The lowest BCUT2D eigenvalue weighted by atomic mass is 9.72. The van der Waals surface area contributed by atoms with Crippen LogP contribution in [0.5, 0.6) is 0 Å². The van der Waals surface area contributed by atoms with Crippen molar-refractivity contribution in [1.82, 2.24) is 10.2 Å². The molecule has 0 unspecified atom stereocenters. The van der Waals surface area contributed by atoms with Gasteiger partial charge in [0.25, 0.3) is 0 Å². The number of carbonyl (C=O) groups excluding carboxylic acids is 2. The normalized spacial score (nSPS) is 26.6. The zero-order chi connectivity index (χ0) is 24.3. The monoisotopic (exact) mass is 472 g/mol. The van der Waals surface area contributed by atoms with Crippen molar-refractivity contribution in [2.75, 3.05) is 26.3 Å². The van der Waals surface area contributed by atoms with Gasteiger partial charge in [0.1, 0.15) is 6.04 Å². The summed E-state index contributed by atoms with van der Waals surface area (Å²) in [6.07, 6.45) is 5.86. The van der Waals surface area contributed by atoms with Gasteiger partial charge in [-0.15, -0.1) is 0 Å². The Morgan fingerprint density at radius 3 is 2.32 bits per heavy atom. The lowest BCUT2D eigenvalue weighted by molar-refractivity contribution is -0.157. The van der Waals surface area contributed by atoms with Crippen LogP contribution in [0.4, 0.5) is 0 Å². The molecule has 0 spiro atoms. The fraction of sp³-hybridized carbons (Fsp3) is 0.654. The molecule has 8 nitrogen and oxygen atoms in total. The van der Waals surface area contributed by atoms with Gasteiger partial charge < -0.3 is 24.8 Å². The van der Waals surface area contributed by atoms with Gasteiger partial charge in [-0.25, -0.2) is 4.79 Å². The Hall–Kier alpha value is -2.45. The topological polar surface area (TPSA) is 105 Å². The van der Waals surface area contributed by atoms with Crippen molar-refractivity contribution in [2.45, 2.75) is 76.5 Å². The SMILES string of the molecule is CC(=O)N[C@H](C(=O)N1CCC(c2ccc(C(=O)O)cc2)CC1)[C@@H](C)OCC12CCC(CC1)OC2. The molecule has 3 aliphatic heterocycles. The minimum absolute atomic E-state index is 0.0291. The first-order valence-corrected chi connectivity index (χ1v) is 12.4. The average Bonchev–Trinajstić information content (AvgIpc) is 2.86. The van der Waals surface area contributed by atoms with E-state index in [9.17, 15) is 14.4 Å². The number of carboxylic acids is 1. The number of nitrogens with zero attached hydrogens (tertiary/aromatic N) is 1. The van der Waals surface area contributed by atoms with Crippen LogP contribution in [0, 0.1) is 5.41 Å². The van der Waals surface area contributed by atoms with Crippen LogP contribution in [0.3, 0.4) is 0 Å². The van der Waals surface area contributed by atoms with Crippen LogP contribution in [0.2, 0.25) is 0 Å². The van der Waals surface area contributed by atoms with Gasteiger partial charge in [-0.2, -0.15) is 0 Å². The highest BCUT2D eigenvalue weighted by Crippen LogP contribution is 2.43. The summed E-state index contributed by atoms with van der Waals surface area (Å²) in [5, 5.41) is 11.9. The highest BCUT2D eigenvalue weighted by Gasteiger charge is 2.43. The molecule has 186 valence electrons. The Kier molecular flexibility index (Phi) is 7.57. The molecule has 2 bridgehead atoms. The highest BCUT2D eigenvalue weighted by molar-refractivity contribution is 5.88. The quantitative estimate of drug-likeness (QED) is 0.603. The van der Waals surface area contributed by atoms with E-state index in [4.69, 9.17) is 14.6 Å². The summed E-state index contributed by atoms with van der Waals surface area (Å²) in [5.74, 6) is -1.01. The van der Waals surface area contributed by atoms with Crippen molar-refractivity contribution in [2.24, 2.45) is 5.41 Å². The maximum absolute atomic E-state index is 13.4. The van der Waals surface area contributed by atoms with Crippen LogP contribution in [-0.4, -0.2) is 72.3 Å². The molecule has 3 saturated heterocycles. The fourth-order valence-electron chi connectivity index (χ4n) is 5.53. The van der Waals surface area contributed by atoms with Crippen LogP contribution in [0.15, 0.2) is 24.3 Å². The molecular weight excluding hydrogens is 436 g/mol. The molecule has 3 heterocycles. The first-order valence-electron chi connectivity index (χ1n) is 12.4. The van der Waals surface area contributed by atoms with Gasteiger partial charge in [0, 0.05) is 25.4 Å². The number of benzene rings is 1. The number of hydrogen-bond acceptors (Lipinski definition) is 5. The summed E-state index contributed by atoms with van der Waals surface area (Å²) >= 11 is 0. The van der Waals surface area contributed by atoms with E-state index < -0.39 is 18.1 Å². The van der Waals surface area contributed by atoms with Gasteiger partial charge in [-0.1, -0.05) is 12.1 Å². The van der Waals surface area contributed by atoms with Crippen molar-refractivity contribution in [3.63, 3.8) is 0 Å². The van der Waals surface area contributed by atoms with E-state index in [-0.39, 0.29) is 28.7 Å². The molecule has 1 aliphatic carbocycles. The van der Waals surface area contributed by atoms with Gasteiger partial charge in [-0.3, -0.25) is 9.59 Å². The summed E-state index contributed by atoms with van der Waals surface area (Å²) in [6, 6.07) is 6.27. The number of piperidine rings is 1. The zero-order valence-corrected chi connectivity index (χ0v) is 20.1. The average molecular weight is 473 g/mol. The predicted octanol–water partition coefficient (Wildman–Crippen LogP) is 2.96. The predicted molar refractivity (Wildman–Crippen MR) is 126 cm³/mol. The summed E-state index contributed by atoms with van der Waals surface area (Å²) in [4.78, 5) is 38.2. The van der Waals surface area contributed by atoms with Gasteiger partial charge in [0.2, 0.25) is 11.8 Å². The molecule has 1 aromatic rings. The molecule has 34 heavy (non-hydrogen) atoms. The van der Waals surface area contributed by atoms with E-state index in [2.05, 4.69) is 5.32 Å². The second-order valence-corrected chi connectivity index (χ2v) is 10.2. The van der Waals surface area contributed by atoms with E-state index in [1.165, 1.54) is 6.92 Å². The van der Waals surface area contributed by atoms with Crippen LogP contribution in [0.25, 0.3) is 0 Å². The molecule has 8 heteroatoms. The summed E-state index contributed by atoms with van der Waals surface area (Å²) in [7, 11) is 0. The van der Waals surface area contributed by atoms with Crippen molar-refractivity contribution < 1.29 is 29.0 Å². The summed E-state index contributed by atoms with van der Waals surface area (Å²) in [6.45, 7) is 5.72. The number of carbonyl (C=O) groups is 3. The Balaban J connectivity index is 1.33. The third-order valence-electron chi connectivity index (χ3n) is 7.80. The van der Waals surface area contributed by atoms with Crippen LogP contribution >= 0.6 is 0 Å². The van der Waals surface area contributed by atoms with Crippen LogP contribution < -0.4 is 5.32 Å². The molecule has 5 rings (SSSR count). The molecule has 4 aliphatic rings. The standard InChI is InChI=1S/C26H36N2O6/c1-17(33-15-26-11-7-22(8-12-26)34-16-26)23(27-18(2)29)24(30)28-13-9-20(10-14-28)19-3-5-21(6-4-19)25(31)32/h3-6,17,20,22-23H,7-16H2,1-2H3,(H,27,29)(H,31,32)/t17-,22?,23+,26?/m1/s1. The summed E-state index contributed by atoms with van der Waals surface area (Å²) < 4.78 is 12.1. The fourth-order valence-corrected chi connectivity index (χ4v) is 5.53. The number of carboxylic acid groups (broad SMARTS) is 1. The Bertz CT molecular complexity index is 871. The number of rotatable bonds is 8. The lowest BCUT2D eigenvalue weighted by Crippen LogP contribution is -2.56. The van der Waals surface area contributed by atoms with Crippen molar-refractivity contribution in [3.8, 4) is 0 Å². The molecule has 1 saturated carbocycles. The third-order valence-corrected chi connectivity index (χ3v) is 7.80.